The third-order valence-corrected chi connectivity index (χ3v) is 7.70. The van der Waals surface area contributed by atoms with Crippen LogP contribution < -0.4 is 5.32 Å². The summed E-state index contributed by atoms with van der Waals surface area (Å²) in [4.78, 5) is 42.0. The van der Waals surface area contributed by atoms with Crippen molar-refractivity contribution in [2.45, 2.75) is 30.7 Å². The number of nitrogens with one attached hydrogen (secondary N) is 1. The number of benzene rings is 2. The first-order valence-electron chi connectivity index (χ1n) is 11.5. The SMILES string of the molecule is CN(C(=O)c1csc(CCNC(=O)OCC2c3ccccc3-c3ccccc32)n1)C1(C(=O)O)CC1. The maximum absolute atomic E-state index is 12.6. The first-order chi connectivity index (χ1) is 16.9. The molecule has 1 fully saturated rings. The van der Waals surface area contributed by atoms with Gasteiger partial charge in [-0.05, 0) is 35.1 Å². The zero-order chi connectivity index (χ0) is 24.6. The van der Waals surface area contributed by atoms with Crippen LogP contribution in [0.2, 0.25) is 0 Å². The lowest BCUT2D eigenvalue weighted by atomic mass is 9.98. The third-order valence-electron chi connectivity index (χ3n) is 6.79. The molecule has 5 rings (SSSR count). The van der Waals surface area contributed by atoms with E-state index in [1.54, 1.807) is 5.38 Å². The van der Waals surface area contributed by atoms with Crippen LogP contribution in [0, 0.1) is 0 Å². The molecular formula is C26H25N3O5S. The molecule has 2 amide bonds. The van der Waals surface area contributed by atoms with Crippen LogP contribution in [-0.2, 0) is 16.0 Å². The molecule has 180 valence electrons. The number of ether oxygens (including phenoxy) is 1. The van der Waals surface area contributed by atoms with E-state index in [1.165, 1.54) is 34.4 Å². The van der Waals surface area contributed by atoms with E-state index >= 15 is 0 Å². The number of nitrogens with zero attached hydrogens (tertiary/aromatic N) is 2. The van der Waals surface area contributed by atoms with Crippen molar-refractivity contribution in [1.82, 2.24) is 15.2 Å². The van der Waals surface area contributed by atoms with Crippen molar-refractivity contribution in [3.63, 3.8) is 0 Å². The third kappa shape index (κ3) is 4.27. The maximum Gasteiger partial charge on any atom is 0.407 e. The second kappa shape index (κ2) is 9.14. The minimum absolute atomic E-state index is 0.00163. The van der Waals surface area contributed by atoms with Gasteiger partial charge in [0.15, 0.2) is 0 Å². The van der Waals surface area contributed by atoms with Gasteiger partial charge in [0.25, 0.3) is 5.91 Å². The standard InChI is InChI=1S/C26H25N3O5S/c1-29(26(11-12-26)24(31)32)23(30)21-15-35-22(28-21)10-13-27-25(33)34-14-20-18-8-4-2-6-16(18)17-7-3-5-9-19(17)20/h2-9,15,20H,10-14H2,1H3,(H,27,33)(H,31,32). The number of aromatic nitrogens is 1. The highest BCUT2D eigenvalue weighted by molar-refractivity contribution is 7.09. The summed E-state index contributed by atoms with van der Waals surface area (Å²) < 4.78 is 5.54. The average molecular weight is 492 g/mol. The first kappa shape index (κ1) is 23.0. The Balaban J connectivity index is 1.12. The fourth-order valence-electron chi connectivity index (χ4n) is 4.62. The molecule has 1 aromatic heterocycles. The van der Waals surface area contributed by atoms with E-state index in [0.29, 0.717) is 30.8 Å². The van der Waals surface area contributed by atoms with Crippen molar-refractivity contribution in [2.24, 2.45) is 0 Å². The summed E-state index contributed by atoms with van der Waals surface area (Å²) in [6.45, 7) is 0.556. The van der Waals surface area contributed by atoms with Crippen LogP contribution in [0.15, 0.2) is 53.9 Å². The van der Waals surface area contributed by atoms with E-state index in [0.717, 1.165) is 11.1 Å². The summed E-state index contributed by atoms with van der Waals surface area (Å²) in [7, 11) is 1.50. The van der Waals surface area contributed by atoms with Gasteiger partial charge < -0.3 is 20.1 Å². The second-order valence-corrected chi connectivity index (χ2v) is 9.77. The monoisotopic (exact) mass is 491 g/mol. The molecule has 1 saturated carbocycles. The summed E-state index contributed by atoms with van der Waals surface area (Å²) in [6, 6.07) is 16.3. The van der Waals surface area contributed by atoms with Gasteiger partial charge in [-0.1, -0.05) is 48.5 Å². The van der Waals surface area contributed by atoms with Crippen LogP contribution in [0.5, 0.6) is 0 Å². The fourth-order valence-corrected chi connectivity index (χ4v) is 5.39. The van der Waals surface area contributed by atoms with Crippen molar-refractivity contribution >= 4 is 29.3 Å². The van der Waals surface area contributed by atoms with Crippen molar-refractivity contribution in [3.8, 4) is 11.1 Å². The number of alkyl carbamates (subject to hydrolysis) is 1. The fraction of sp³-hybridized carbons (Fsp3) is 0.308. The number of aliphatic carboxylic acids is 1. The first-order valence-corrected chi connectivity index (χ1v) is 12.3. The molecule has 2 aromatic carbocycles. The van der Waals surface area contributed by atoms with E-state index < -0.39 is 23.5 Å². The number of carbonyl (C=O) groups is 3. The van der Waals surface area contributed by atoms with E-state index in [9.17, 15) is 19.5 Å². The van der Waals surface area contributed by atoms with Crippen LogP contribution in [0.1, 0.15) is 45.4 Å². The largest absolute Gasteiger partial charge is 0.479 e. The van der Waals surface area contributed by atoms with Gasteiger partial charge in [0.05, 0.1) is 5.01 Å². The number of carbonyl (C=O) groups excluding carboxylic acids is 2. The summed E-state index contributed by atoms with van der Waals surface area (Å²) in [5.41, 5.74) is 3.78. The molecule has 8 nitrogen and oxygen atoms in total. The van der Waals surface area contributed by atoms with E-state index in [1.807, 2.05) is 24.3 Å². The van der Waals surface area contributed by atoms with Gasteiger partial charge in [-0.15, -0.1) is 11.3 Å². The number of fused-ring (bicyclic) bond motifs is 3. The molecule has 0 aliphatic heterocycles. The minimum Gasteiger partial charge on any atom is -0.479 e. The van der Waals surface area contributed by atoms with Crippen molar-refractivity contribution in [1.29, 1.82) is 0 Å². The lowest BCUT2D eigenvalue weighted by Crippen LogP contribution is -2.44. The van der Waals surface area contributed by atoms with Crippen LogP contribution in [-0.4, -0.2) is 58.7 Å². The Hall–Kier alpha value is -3.72. The molecule has 0 radical (unpaired) electrons. The molecule has 0 saturated heterocycles. The normalized spacial score (nSPS) is 15.1. The highest BCUT2D eigenvalue weighted by Crippen LogP contribution is 2.44. The Bertz CT molecular complexity index is 1250. The van der Waals surface area contributed by atoms with Crippen LogP contribution in [0.4, 0.5) is 4.79 Å². The highest BCUT2D eigenvalue weighted by atomic mass is 32.1. The lowest BCUT2D eigenvalue weighted by molar-refractivity contribution is -0.143. The number of amides is 2. The maximum atomic E-state index is 12.6. The van der Waals surface area contributed by atoms with Crippen LogP contribution >= 0.6 is 11.3 Å². The Morgan fingerprint density at radius 2 is 1.74 bits per heavy atom. The molecule has 35 heavy (non-hydrogen) atoms. The van der Waals surface area contributed by atoms with Crippen LogP contribution in [0.25, 0.3) is 11.1 Å². The topological polar surface area (TPSA) is 109 Å². The van der Waals surface area contributed by atoms with E-state index in [2.05, 4.69) is 34.6 Å². The smallest absolute Gasteiger partial charge is 0.407 e. The number of hydrogen-bond donors (Lipinski definition) is 2. The summed E-state index contributed by atoms with van der Waals surface area (Å²) in [6.07, 6.45) is 0.837. The molecule has 9 heteroatoms. The van der Waals surface area contributed by atoms with Gasteiger partial charge in [0, 0.05) is 31.3 Å². The number of likely N-dealkylation sites (N-methyl/N-ethyl adjacent to an activating group) is 1. The van der Waals surface area contributed by atoms with Gasteiger partial charge >= 0.3 is 12.1 Å². The molecule has 2 aliphatic rings. The molecule has 3 aromatic rings. The molecule has 1 heterocycles. The Labute approximate surface area is 206 Å². The molecule has 0 spiro atoms. The summed E-state index contributed by atoms with van der Waals surface area (Å²) in [5.74, 6) is -1.40. The van der Waals surface area contributed by atoms with Crippen molar-refractivity contribution in [2.75, 3.05) is 20.2 Å². The van der Waals surface area contributed by atoms with E-state index in [-0.39, 0.29) is 18.2 Å². The van der Waals surface area contributed by atoms with Gasteiger partial charge in [-0.25, -0.2) is 14.6 Å². The van der Waals surface area contributed by atoms with Gasteiger partial charge in [-0.3, -0.25) is 4.79 Å². The van der Waals surface area contributed by atoms with E-state index in [4.69, 9.17) is 4.74 Å². The summed E-state index contributed by atoms with van der Waals surface area (Å²) in [5, 5.41) is 14.4. The number of carboxylic acid groups (broad SMARTS) is 1. The summed E-state index contributed by atoms with van der Waals surface area (Å²) >= 11 is 1.31. The second-order valence-electron chi connectivity index (χ2n) is 8.83. The van der Waals surface area contributed by atoms with Gasteiger partial charge in [0.2, 0.25) is 0 Å². The average Bonchev–Trinajstić information content (AvgIpc) is 3.45. The molecule has 0 unspecified atom stereocenters. The predicted molar refractivity (Wildman–Crippen MR) is 131 cm³/mol. The molecule has 2 aliphatic carbocycles. The predicted octanol–water partition coefficient (Wildman–Crippen LogP) is 3.91. The molecule has 0 bridgehead atoms. The number of rotatable bonds is 8. The minimum atomic E-state index is -1.10. The Morgan fingerprint density at radius 3 is 2.34 bits per heavy atom. The van der Waals surface area contributed by atoms with Crippen LogP contribution in [0.3, 0.4) is 0 Å². The Kier molecular flexibility index (Phi) is 6.02. The zero-order valence-electron chi connectivity index (χ0n) is 19.2. The quantitative estimate of drug-likeness (QED) is 0.495. The number of hydrogen-bond acceptors (Lipinski definition) is 6. The van der Waals surface area contributed by atoms with Crippen molar-refractivity contribution in [3.05, 3.63) is 75.7 Å². The molecule has 2 N–H and O–H groups in total. The number of thiazole rings is 1. The van der Waals surface area contributed by atoms with Crippen molar-refractivity contribution < 1.29 is 24.2 Å². The molecular weight excluding hydrogens is 466 g/mol. The van der Waals surface area contributed by atoms with Gasteiger partial charge in [0.1, 0.15) is 17.8 Å². The van der Waals surface area contributed by atoms with Gasteiger partial charge in [-0.2, -0.15) is 0 Å². The molecule has 0 atom stereocenters. The Morgan fingerprint density at radius 1 is 1.11 bits per heavy atom. The number of carboxylic acids is 1. The zero-order valence-corrected chi connectivity index (χ0v) is 20.0. The highest BCUT2D eigenvalue weighted by Gasteiger charge is 2.55. The lowest BCUT2D eigenvalue weighted by Gasteiger charge is -2.23.